The highest BCUT2D eigenvalue weighted by Crippen LogP contribution is 2.23. The zero-order valence-corrected chi connectivity index (χ0v) is 9.55. The topological polar surface area (TPSA) is 59.3 Å². The van der Waals surface area contributed by atoms with Crippen LogP contribution in [0.3, 0.4) is 0 Å². The van der Waals surface area contributed by atoms with Gasteiger partial charge in [-0.2, -0.15) is 0 Å². The van der Waals surface area contributed by atoms with E-state index in [1.165, 1.54) is 16.7 Å². The predicted octanol–water partition coefficient (Wildman–Crippen LogP) is 0.822. The Bertz CT molecular complexity index is 326. The summed E-state index contributed by atoms with van der Waals surface area (Å²) < 4.78 is 5.35. The normalized spacial score (nSPS) is 10.4. The Hall–Kier alpha value is -1.10. The van der Waals surface area contributed by atoms with E-state index >= 15 is 0 Å². The summed E-state index contributed by atoms with van der Waals surface area (Å²) in [6.07, 6.45) is 0. The van der Waals surface area contributed by atoms with Crippen LogP contribution in [0.4, 0.5) is 0 Å². The molecule has 0 saturated carbocycles. The van der Waals surface area contributed by atoms with E-state index in [0.29, 0.717) is 6.67 Å². The first-order valence-electron chi connectivity index (χ1n) is 4.97. The number of methoxy groups -OCH3 is 1. The zero-order chi connectivity index (χ0) is 11.3. The molecule has 1 rings (SSSR count). The molecule has 0 amide bonds. The summed E-state index contributed by atoms with van der Waals surface area (Å²) in [5.41, 5.74) is 6.18. The van der Waals surface area contributed by atoms with Gasteiger partial charge in [0.15, 0.2) is 0 Å². The van der Waals surface area contributed by atoms with Gasteiger partial charge in [0.05, 0.1) is 13.8 Å². The fourth-order valence-corrected chi connectivity index (χ4v) is 1.63. The third kappa shape index (κ3) is 3.20. The Morgan fingerprint density at radius 1 is 1.33 bits per heavy atom. The molecule has 0 radical (unpaired) electrons. The van der Waals surface area contributed by atoms with Crippen molar-refractivity contribution >= 4 is 0 Å². The highest BCUT2D eigenvalue weighted by Gasteiger charge is 2.06. The molecule has 1 aromatic rings. The fourth-order valence-electron chi connectivity index (χ4n) is 1.63. The van der Waals surface area contributed by atoms with Gasteiger partial charge in [0, 0.05) is 12.1 Å². The number of ether oxygens (including phenoxy) is 1. The van der Waals surface area contributed by atoms with Crippen LogP contribution in [0.2, 0.25) is 0 Å². The van der Waals surface area contributed by atoms with Crippen molar-refractivity contribution in [2.24, 2.45) is 5.84 Å². The van der Waals surface area contributed by atoms with Gasteiger partial charge >= 0.3 is 0 Å². The van der Waals surface area contributed by atoms with E-state index in [1.807, 2.05) is 6.07 Å². The van der Waals surface area contributed by atoms with E-state index in [9.17, 15) is 0 Å². The molecule has 0 bridgehead atoms. The van der Waals surface area contributed by atoms with Crippen molar-refractivity contribution in [3.8, 4) is 5.75 Å². The summed E-state index contributed by atoms with van der Waals surface area (Å²) in [6.45, 7) is 5.48. The lowest BCUT2D eigenvalue weighted by atomic mass is 10.0. The highest BCUT2D eigenvalue weighted by atomic mass is 16.5. The van der Waals surface area contributed by atoms with Crippen LogP contribution >= 0.6 is 0 Å². The van der Waals surface area contributed by atoms with E-state index in [4.69, 9.17) is 10.6 Å². The minimum Gasteiger partial charge on any atom is -0.496 e. The number of benzene rings is 1. The van der Waals surface area contributed by atoms with Gasteiger partial charge < -0.3 is 4.74 Å². The molecule has 1 aromatic carbocycles. The fraction of sp³-hybridized carbons (Fsp3) is 0.455. The summed E-state index contributed by atoms with van der Waals surface area (Å²) in [5.74, 6) is 6.11. The van der Waals surface area contributed by atoms with Gasteiger partial charge in [0.2, 0.25) is 0 Å². The second kappa shape index (κ2) is 5.70. The number of nitrogens with two attached hydrogens (primary N) is 1. The molecule has 0 aromatic heterocycles. The standard InChI is InChI=1S/C11H19N3O/c1-8-4-9(2)10(6-13-7-14-12)11(5-8)15-3/h4-5,13-14H,6-7,12H2,1-3H3. The van der Waals surface area contributed by atoms with Crippen molar-refractivity contribution in [2.45, 2.75) is 20.4 Å². The van der Waals surface area contributed by atoms with Crippen LogP contribution < -0.4 is 21.3 Å². The lowest BCUT2D eigenvalue weighted by Crippen LogP contribution is -2.33. The quantitative estimate of drug-likeness (QED) is 0.291. The Morgan fingerprint density at radius 2 is 2.07 bits per heavy atom. The van der Waals surface area contributed by atoms with E-state index in [-0.39, 0.29) is 0 Å². The van der Waals surface area contributed by atoms with Gasteiger partial charge in [-0.1, -0.05) is 6.07 Å². The molecule has 0 aliphatic rings. The molecule has 4 nitrogen and oxygen atoms in total. The largest absolute Gasteiger partial charge is 0.496 e. The van der Waals surface area contributed by atoms with Crippen molar-refractivity contribution in [2.75, 3.05) is 13.8 Å². The van der Waals surface area contributed by atoms with Crippen molar-refractivity contribution in [1.29, 1.82) is 0 Å². The molecule has 0 aliphatic carbocycles. The molecule has 84 valence electrons. The van der Waals surface area contributed by atoms with E-state index in [1.54, 1.807) is 7.11 Å². The number of rotatable bonds is 5. The molecule has 4 N–H and O–H groups in total. The number of nitrogens with one attached hydrogen (secondary N) is 2. The third-order valence-corrected chi connectivity index (χ3v) is 2.33. The maximum Gasteiger partial charge on any atom is 0.123 e. The zero-order valence-electron chi connectivity index (χ0n) is 9.55. The lowest BCUT2D eigenvalue weighted by Gasteiger charge is -2.13. The summed E-state index contributed by atoms with van der Waals surface area (Å²) in [4.78, 5) is 0. The minimum absolute atomic E-state index is 0.580. The number of hydrogen-bond donors (Lipinski definition) is 3. The molecule has 0 saturated heterocycles. The van der Waals surface area contributed by atoms with Crippen molar-refractivity contribution < 1.29 is 4.74 Å². The molecular weight excluding hydrogens is 190 g/mol. The Morgan fingerprint density at radius 3 is 2.67 bits per heavy atom. The third-order valence-electron chi connectivity index (χ3n) is 2.33. The molecule has 0 spiro atoms. The van der Waals surface area contributed by atoms with Gasteiger partial charge in [-0.25, -0.2) is 5.43 Å². The van der Waals surface area contributed by atoms with E-state index in [2.05, 4.69) is 30.7 Å². The molecular formula is C11H19N3O. The van der Waals surface area contributed by atoms with Crippen LogP contribution in [-0.2, 0) is 6.54 Å². The Labute approximate surface area is 90.8 Å². The second-order valence-corrected chi connectivity index (χ2v) is 3.57. The first-order valence-corrected chi connectivity index (χ1v) is 4.97. The van der Waals surface area contributed by atoms with Gasteiger partial charge in [-0.3, -0.25) is 11.2 Å². The van der Waals surface area contributed by atoms with E-state index < -0.39 is 0 Å². The monoisotopic (exact) mass is 209 g/mol. The molecule has 15 heavy (non-hydrogen) atoms. The Kier molecular flexibility index (Phi) is 4.55. The molecule has 4 heteroatoms. The predicted molar refractivity (Wildman–Crippen MR) is 61.5 cm³/mol. The average Bonchev–Trinajstić information content (AvgIpc) is 2.20. The van der Waals surface area contributed by atoms with Gasteiger partial charge in [-0.05, 0) is 31.0 Å². The summed E-state index contributed by atoms with van der Waals surface area (Å²) in [7, 11) is 1.69. The number of hydrogen-bond acceptors (Lipinski definition) is 4. The maximum absolute atomic E-state index is 5.35. The first-order chi connectivity index (χ1) is 7.19. The van der Waals surface area contributed by atoms with Crippen LogP contribution in [0.25, 0.3) is 0 Å². The summed E-state index contributed by atoms with van der Waals surface area (Å²) in [6, 6.07) is 4.19. The highest BCUT2D eigenvalue weighted by molar-refractivity contribution is 5.42. The minimum atomic E-state index is 0.580. The van der Waals surface area contributed by atoms with Gasteiger partial charge in [-0.15, -0.1) is 0 Å². The number of aryl methyl sites for hydroxylation is 2. The maximum atomic E-state index is 5.35. The van der Waals surface area contributed by atoms with Gasteiger partial charge in [0.1, 0.15) is 5.75 Å². The van der Waals surface area contributed by atoms with Crippen molar-refractivity contribution in [3.63, 3.8) is 0 Å². The molecule has 0 aliphatic heterocycles. The molecule has 0 unspecified atom stereocenters. The van der Waals surface area contributed by atoms with Crippen LogP contribution in [-0.4, -0.2) is 13.8 Å². The number of hydrazine groups is 1. The van der Waals surface area contributed by atoms with Crippen LogP contribution in [0.15, 0.2) is 12.1 Å². The van der Waals surface area contributed by atoms with Gasteiger partial charge in [0.25, 0.3) is 0 Å². The average molecular weight is 209 g/mol. The molecule has 0 heterocycles. The van der Waals surface area contributed by atoms with Crippen LogP contribution in [0.1, 0.15) is 16.7 Å². The first kappa shape index (κ1) is 12.0. The van der Waals surface area contributed by atoms with Crippen molar-refractivity contribution in [1.82, 2.24) is 10.7 Å². The lowest BCUT2D eigenvalue weighted by molar-refractivity contribution is 0.406. The SMILES string of the molecule is COc1cc(C)cc(C)c1CNCNN. The van der Waals surface area contributed by atoms with Crippen LogP contribution in [0, 0.1) is 13.8 Å². The Balaban J connectivity index is 2.84. The smallest absolute Gasteiger partial charge is 0.123 e. The van der Waals surface area contributed by atoms with Crippen LogP contribution in [0.5, 0.6) is 5.75 Å². The molecule has 0 fully saturated rings. The second-order valence-electron chi connectivity index (χ2n) is 3.57. The van der Waals surface area contributed by atoms with Crippen molar-refractivity contribution in [3.05, 3.63) is 28.8 Å². The summed E-state index contributed by atoms with van der Waals surface area (Å²) >= 11 is 0. The molecule has 0 atom stereocenters. The van der Waals surface area contributed by atoms with E-state index in [0.717, 1.165) is 12.3 Å². The summed E-state index contributed by atoms with van der Waals surface area (Å²) in [5, 5.41) is 3.17.